The van der Waals surface area contributed by atoms with Gasteiger partial charge in [-0.2, -0.15) is 0 Å². The number of rotatable bonds is 8. The summed E-state index contributed by atoms with van der Waals surface area (Å²) in [5, 5.41) is 10.1. The molecule has 3 N–H and O–H groups in total. The SMILES string of the molecule is CCCOc1ccc(C(C)CC(O)C(N)CC)c(C)c1C. The highest BCUT2D eigenvalue weighted by Crippen LogP contribution is 2.31. The largest absolute Gasteiger partial charge is 0.493 e. The van der Waals surface area contributed by atoms with E-state index in [4.69, 9.17) is 10.5 Å². The normalized spacial score (nSPS) is 15.6. The first-order chi connectivity index (χ1) is 9.92. The number of nitrogens with two attached hydrogens (primary N) is 1. The fourth-order valence-electron chi connectivity index (χ4n) is 2.66. The van der Waals surface area contributed by atoms with E-state index in [1.165, 1.54) is 16.7 Å². The molecule has 0 bridgehead atoms. The number of aliphatic hydroxyl groups excluding tert-OH is 1. The predicted molar refractivity (Wildman–Crippen MR) is 89.0 cm³/mol. The molecule has 21 heavy (non-hydrogen) atoms. The fourth-order valence-corrected chi connectivity index (χ4v) is 2.66. The van der Waals surface area contributed by atoms with Crippen LogP contribution in [0.15, 0.2) is 12.1 Å². The first kappa shape index (κ1) is 18.0. The summed E-state index contributed by atoms with van der Waals surface area (Å²) in [6.07, 6.45) is 2.07. The Morgan fingerprint density at radius 3 is 2.43 bits per heavy atom. The minimum Gasteiger partial charge on any atom is -0.493 e. The molecule has 3 heteroatoms. The summed E-state index contributed by atoms with van der Waals surface area (Å²) in [6.45, 7) is 11.3. The van der Waals surface area contributed by atoms with Gasteiger partial charge in [-0.05, 0) is 61.8 Å². The van der Waals surface area contributed by atoms with Crippen LogP contribution in [0.25, 0.3) is 0 Å². The zero-order chi connectivity index (χ0) is 16.0. The highest BCUT2D eigenvalue weighted by molar-refractivity contribution is 5.44. The smallest absolute Gasteiger partial charge is 0.122 e. The lowest BCUT2D eigenvalue weighted by molar-refractivity contribution is 0.126. The van der Waals surface area contributed by atoms with Gasteiger partial charge >= 0.3 is 0 Å². The average Bonchev–Trinajstić information content (AvgIpc) is 2.47. The number of ether oxygens (including phenoxy) is 1. The number of aliphatic hydroxyl groups is 1. The molecule has 0 aromatic heterocycles. The monoisotopic (exact) mass is 293 g/mol. The van der Waals surface area contributed by atoms with Crippen molar-refractivity contribution in [2.24, 2.45) is 5.73 Å². The van der Waals surface area contributed by atoms with Gasteiger partial charge in [-0.3, -0.25) is 0 Å². The lowest BCUT2D eigenvalue weighted by atomic mass is 9.87. The van der Waals surface area contributed by atoms with Crippen LogP contribution in [0.4, 0.5) is 0 Å². The highest BCUT2D eigenvalue weighted by Gasteiger charge is 2.19. The van der Waals surface area contributed by atoms with Crippen LogP contribution in [0.2, 0.25) is 0 Å². The van der Waals surface area contributed by atoms with Crippen molar-refractivity contribution in [3.05, 3.63) is 28.8 Å². The zero-order valence-corrected chi connectivity index (χ0v) is 14.1. The van der Waals surface area contributed by atoms with E-state index in [-0.39, 0.29) is 12.0 Å². The van der Waals surface area contributed by atoms with Gasteiger partial charge in [0.15, 0.2) is 0 Å². The highest BCUT2D eigenvalue weighted by atomic mass is 16.5. The molecule has 0 aliphatic rings. The molecule has 0 fully saturated rings. The molecular weight excluding hydrogens is 262 g/mol. The summed E-state index contributed by atoms with van der Waals surface area (Å²) in [6, 6.07) is 4.04. The van der Waals surface area contributed by atoms with Gasteiger partial charge < -0.3 is 15.6 Å². The summed E-state index contributed by atoms with van der Waals surface area (Å²) in [5.41, 5.74) is 9.65. The molecule has 0 radical (unpaired) electrons. The number of hydrogen-bond donors (Lipinski definition) is 2. The number of hydrogen-bond acceptors (Lipinski definition) is 3. The van der Waals surface area contributed by atoms with Crippen molar-refractivity contribution in [2.45, 2.75) is 71.9 Å². The third-order valence-electron chi connectivity index (χ3n) is 4.33. The fraction of sp³-hybridized carbons (Fsp3) is 0.667. The Morgan fingerprint density at radius 1 is 1.19 bits per heavy atom. The van der Waals surface area contributed by atoms with Gasteiger partial charge in [-0.25, -0.2) is 0 Å². The number of benzene rings is 1. The molecule has 0 aliphatic carbocycles. The van der Waals surface area contributed by atoms with Crippen LogP contribution in [0.3, 0.4) is 0 Å². The molecule has 1 aromatic carbocycles. The summed E-state index contributed by atoms with van der Waals surface area (Å²) >= 11 is 0. The first-order valence-corrected chi connectivity index (χ1v) is 8.08. The third kappa shape index (κ3) is 4.72. The standard InChI is InChI=1S/C18H31NO2/c1-6-10-21-18-9-8-15(13(4)14(18)5)12(3)11-17(20)16(19)7-2/h8-9,12,16-17,20H,6-7,10-11,19H2,1-5H3. The molecule has 0 saturated carbocycles. The van der Waals surface area contributed by atoms with Crippen molar-refractivity contribution in [2.75, 3.05) is 6.61 Å². The van der Waals surface area contributed by atoms with Crippen molar-refractivity contribution < 1.29 is 9.84 Å². The van der Waals surface area contributed by atoms with Crippen molar-refractivity contribution in [1.82, 2.24) is 0 Å². The molecule has 3 unspecified atom stereocenters. The van der Waals surface area contributed by atoms with Crippen molar-refractivity contribution in [3.8, 4) is 5.75 Å². The summed E-state index contributed by atoms with van der Waals surface area (Å²) in [7, 11) is 0. The second-order valence-electron chi connectivity index (χ2n) is 6.03. The molecule has 0 saturated heterocycles. The summed E-state index contributed by atoms with van der Waals surface area (Å²) < 4.78 is 5.77. The molecular formula is C18H31NO2. The zero-order valence-electron chi connectivity index (χ0n) is 14.1. The Hall–Kier alpha value is -1.06. The molecule has 120 valence electrons. The van der Waals surface area contributed by atoms with Gasteiger partial charge in [0.2, 0.25) is 0 Å². The molecule has 0 aliphatic heterocycles. The van der Waals surface area contributed by atoms with Crippen LogP contribution in [0.5, 0.6) is 5.75 Å². The van der Waals surface area contributed by atoms with E-state index in [1.54, 1.807) is 0 Å². The minimum atomic E-state index is -0.444. The van der Waals surface area contributed by atoms with Crippen LogP contribution >= 0.6 is 0 Å². The van der Waals surface area contributed by atoms with E-state index >= 15 is 0 Å². The second-order valence-corrected chi connectivity index (χ2v) is 6.03. The Bertz CT molecular complexity index is 445. The topological polar surface area (TPSA) is 55.5 Å². The van der Waals surface area contributed by atoms with Crippen molar-refractivity contribution in [3.63, 3.8) is 0 Å². The molecule has 1 rings (SSSR count). The van der Waals surface area contributed by atoms with E-state index in [0.29, 0.717) is 6.42 Å². The maximum absolute atomic E-state index is 10.1. The van der Waals surface area contributed by atoms with Crippen LogP contribution in [0.1, 0.15) is 62.6 Å². The van der Waals surface area contributed by atoms with Gasteiger partial charge in [-0.1, -0.05) is 26.8 Å². The molecule has 3 atom stereocenters. The minimum absolute atomic E-state index is 0.138. The first-order valence-electron chi connectivity index (χ1n) is 8.08. The Balaban J connectivity index is 2.86. The molecule has 0 spiro atoms. The van der Waals surface area contributed by atoms with E-state index in [0.717, 1.165) is 25.2 Å². The average molecular weight is 293 g/mol. The lowest BCUT2D eigenvalue weighted by Crippen LogP contribution is -2.34. The van der Waals surface area contributed by atoms with Crippen LogP contribution in [-0.2, 0) is 0 Å². The predicted octanol–water partition coefficient (Wildman–Crippen LogP) is 3.68. The summed E-state index contributed by atoms with van der Waals surface area (Å²) in [5.74, 6) is 1.26. The Labute approximate surface area is 129 Å². The van der Waals surface area contributed by atoms with E-state index < -0.39 is 6.10 Å². The lowest BCUT2D eigenvalue weighted by Gasteiger charge is -2.23. The van der Waals surface area contributed by atoms with Crippen molar-refractivity contribution >= 4 is 0 Å². The quantitative estimate of drug-likeness (QED) is 0.768. The van der Waals surface area contributed by atoms with Crippen LogP contribution in [-0.4, -0.2) is 23.9 Å². The van der Waals surface area contributed by atoms with Gasteiger partial charge in [0.1, 0.15) is 5.75 Å². The maximum Gasteiger partial charge on any atom is 0.122 e. The van der Waals surface area contributed by atoms with E-state index in [1.807, 2.05) is 6.92 Å². The van der Waals surface area contributed by atoms with Gasteiger partial charge in [0, 0.05) is 6.04 Å². The van der Waals surface area contributed by atoms with E-state index in [9.17, 15) is 5.11 Å². The van der Waals surface area contributed by atoms with E-state index in [2.05, 4.69) is 39.8 Å². The third-order valence-corrected chi connectivity index (χ3v) is 4.33. The molecule has 0 heterocycles. The van der Waals surface area contributed by atoms with Gasteiger partial charge in [-0.15, -0.1) is 0 Å². The summed E-state index contributed by atoms with van der Waals surface area (Å²) in [4.78, 5) is 0. The molecule has 1 aromatic rings. The Morgan fingerprint density at radius 2 is 1.86 bits per heavy atom. The molecule has 3 nitrogen and oxygen atoms in total. The van der Waals surface area contributed by atoms with Crippen LogP contribution in [0, 0.1) is 13.8 Å². The van der Waals surface area contributed by atoms with Crippen molar-refractivity contribution in [1.29, 1.82) is 0 Å². The van der Waals surface area contributed by atoms with Crippen LogP contribution < -0.4 is 10.5 Å². The van der Waals surface area contributed by atoms with Gasteiger partial charge in [0.25, 0.3) is 0 Å². The van der Waals surface area contributed by atoms with Gasteiger partial charge in [0.05, 0.1) is 12.7 Å². The molecule has 0 amide bonds. The second kappa shape index (κ2) is 8.40. The Kier molecular flexibility index (Phi) is 7.20. The maximum atomic E-state index is 10.1.